The average molecular weight is 416 g/mol. The molecule has 1 N–H and O–H groups in total. The Labute approximate surface area is 171 Å². The van der Waals surface area contributed by atoms with Gasteiger partial charge >= 0.3 is 0 Å². The van der Waals surface area contributed by atoms with E-state index in [-0.39, 0.29) is 18.4 Å². The van der Waals surface area contributed by atoms with Crippen LogP contribution in [0.4, 0.5) is 15.2 Å². The first-order valence-corrected chi connectivity index (χ1v) is 9.57. The minimum Gasteiger partial charge on any atom is -0.494 e. The van der Waals surface area contributed by atoms with Crippen molar-refractivity contribution in [2.75, 3.05) is 45.0 Å². The van der Waals surface area contributed by atoms with Gasteiger partial charge in [0, 0.05) is 26.7 Å². The molecule has 1 aromatic heterocycles. The van der Waals surface area contributed by atoms with Crippen LogP contribution in [0.1, 0.15) is 10.4 Å². The SMILES string of the molecule is COc1ccc(N(C)CC(=O)N(C)C)c2sc(NC(=O)c3ccc(F)cc3)nc12. The number of carbonyl (C=O) groups excluding carboxylic acids is 2. The summed E-state index contributed by atoms with van der Waals surface area (Å²) in [5, 5.41) is 3.12. The zero-order chi connectivity index (χ0) is 21.1. The maximum absolute atomic E-state index is 13.1. The molecular formula is C20H21FN4O3S. The number of anilines is 2. The highest BCUT2D eigenvalue weighted by Crippen LogP contribution is 2.39. The summed E-state index contributed by atoms with van der Waals surface area (Å²) >= 11 is 1.28. The smallest absolute Gasteiger partial charge is 0.257 e. The van der Waals surface area contributed by atoms with E-state index in [1.165, 1.54) is 40.5 Å². The van der Waals surface area contributed by atoms with E-state index in [0.717, 1.165) is 10.4 Å². The van der Waals surface area contributed by atoms with Gasteiger partial charge in [-0.1, -0.05) is 11.3 Å². The second-order valence-electron chi connectivity index (χ2n) is 6.59. The van der Waals surface area contributed by atoms with Gasteiger partial charge in [-0.05, 0) is 36.4 Å². The van der Waals surface area contributed by atoms with E-state index in [0.29, 0.717) is 22.0 Å². The Morgan fingerprint density at radius 1 is 1.14 bits per heavy atom. The van der Waals surface area contributed by atoms with Crippen LogP contribution in [0, 0.1) is 5.82 Å². The second-order valence-corrected chi connectivity index (χ2v) is 7.59. The first-order chi connectivity index (χ1) is 13.8. The summed E-state index contributed by atoms with van der Waals surface area (Å²) in [6, 6.07) is 8.90. The molecule has 0 bridgehead atoms. The predicted octanol–water partition coefficient (Wildman–Crippen LogP) is 3.22. The van der Waals surface area contributed by atoms with Gasteiger partial charge in [-0.2, -0.15) is 0 Å². The number of likely N-dealkylation sites (N-methyl/N-ethyl adjacent to an activating group) is 2. The van der Waals surface area contributed by atoms with Crippen LogP contribution in [0.25, 0.3) is 10.2 Å². The second kappa shape index (κ2) is 8.44. The van der Waals surface area contributed by atoms with Gasteiger partial charge in [0.15, 0.2) is 5.13 Å². The molecule has 0 atom stereocenters. The molecule has 0 radical (unpaired) electrons. The van der Waals surface area contributed by atoms with E-state index < -0.39 is 5.82 Å². The number of thiazole rings is 1. The maximum atomic E-state index is 13.1. The number of nitrogens with one attached hydrogen (secondary N) is 1. The Kier molecular flexibility index (Phi) is 5.97. The number of rotatable bonds is 6. The quantitative estimate of drug-likeness (QED) is 0.668. The lowest BCUT2D eigenvalue weighted by molar-refractivity contribution is -0.127. The molecule has 0 aliphatic heterocycles. The minimum absolute atomic E-state index is 0.0363. The Bertz CT molecular complexity index is 1050. The molecule has 2 aromatic carbocycles. The third kappa shape index (κ3) is 4.45. The zero-order valence-electron chi connectivity index (χ0n) is 16.5. The highest BCUT2D eigenvalue weighted by molar-refractivity contribution is 7.23. The van der Waals surface area contributed by atoms with Crippen molar-refractivity contribution >= 4 is 44.2 Å². The molecule has 0 unspecified atom stereocenters. The molecule has 152 valence electrons. The third-order valence-corrected chi connectivity index (χ3v) is 5.31. The van der Waals surface area contributed by atoms with Gasteiger partial charge in [0.05, 0.1) is 24.0 Å². The number of hydrogen-bond acceptors (Lipinski definition) is 6. The predicted molar refractivity (Wildman–Crippen MR) is 112 cm³/mol. The lowest BCUT2D eigenvalue weighted by Gasteiger charge is -2.21. The molecule has 0 fully saturated rings. The molecule has 0 saturated heterocycles. The van der Waals surface area contributed by atoms with E-state index in [1.807, 2.05) is 18.0 Å². The van der Waals surface area contributed by atoms with Crippen molar-refractivity contribution in [1.29, 1.82) is 0 Å². The maximum Gasteiger partial charge on any atom is 0.257 e. The molecule has 0 aliphatic rings. The highest BCUT2D eigenvalue weighted by Gasteiger charge is 2.19. The summed E-state index contributed by atoms with van der Waals surface area (Å²) in [6.07, 6.45) is 0. The monoisotopic (exact) mass is 416 g/mol. The van der Waals surface area contributed by atoms with Crippen molar-refractivity contribution < 1.29 is 18.7 Å². The Hall–Kier alpha value is -3.20. The average Bonchev–Trinajstić information content (AvgIpc) is 3.10. The molecule has 2 amide bonds. The van der Waals surface area contributed by atoms with Crippen molar-refractivity contribution in [2.45, 2.75) is 0 Å². The normalized spacial score (nSPS) is 10.7. The van der Waals surface area contributed by atoms with Crippen LogP contribution in [0.5, 0.6) is 5.75 Å². The number of halogens is 1. The molecule has 0 spiro atoms. The lowest BCUT2D eigenvalue weighted by Crippen LogP contribution is -2.34. The van der Waals surface area contributed by atoms with Crippen LogP contribution in [-0.4, -0.2) is 56.5 Å². The fraction of sp³-hybridized carbons (Fsp3) is 0.250. The molecule has 3 aromatic rings. The number of hydrogen-bond donors (Lipinski definition) is 1. The van der Waals surface area contributed by atoms with E-state index >= 15 is 0 Å². The van der Waals surface area contributed by atoms with Crippen molar-refractivity contribution in [3.05, 3.63) is 47.8 Å². The topological polar surface area (TPSA) is 74.8 Å². The molecule has 0 saturated carbocycles. The van der Waals surface area contributed by atoms with Gasteiger partial charge < -0.3 is 14.5 Å². The highest BCUT2D eigenvalue weighted by atomic mass is 32.1. The van der Waals surface area contributed by atoms with Gasteiger partial charge in [-0.15, -0.1) is 0 Å². The van der Waals surface area contributed by atoms with Crippen LogP contribution >= 0.6 is 11.3 Å². The van der Waals surface area contributed by atoms with Crippen LogP contribution in [0.3, 0.4) is 0 Å². The number of benzene rings is 2. The van der Waals surface area contributed by atoms with Gasteiger partial charge in [0.2, 0.25) is 5.91 Å². The van der Waals surface area contributed by atoms with Crippen molar-refractivity contribution in [2.24, 2.45) is 0 Å². The van der Waals surface area contributed by atoms with E-state index in [2.05, 4.69) is 10.3 Å². The fourth-order valence-corrected chi connectivity index (χ4v) is 3.73. The molecular weight excluding hydrogens is 395 g/mol. The largest absolute Gasteiger partial charge is 0.494 e. The number of methoxy groups -OCH3 is 1. The van der Waals surface area contributed by atoms with Crippen LogP contribution in [0.15, 0.2) is 36.4 Å². The number of carbonyl (C=O) groups is 2. The lowest BCUT2D eigenvalue weighted by atomic mass is 10.2. The summed E-state index contributed by atoms with van der Waals surface area (Å²) < 4.78 is 19.3. The summed E-state index contributed by atoms with van der Waals surface area (Å²) in [4.78, 5) is 32.4. The van der Waals surface area contributed by atoms with Crippen molar-refractivity contribution in [1.82, 2.24) is 9.88 Å². The number of aromatic nitrogens is 1. The Morgan fingerprint density at radius 3 is 2.45 bits per heavy atom. The Morgan fingerprint density at radius 2 is 1.83 bits per heavy atom. The molecule has 3 rings (SSSR count). The molecule has 29 heavy (non-hydrogen) atoms. The van der Waals surface area contributed by atoms with Crippen LogP contribution in [0.2, 0.25) is 0 Å². The first-order valence-electron chi connectivity index (χ1n) is 8.76. The number of nitrogens with zero attached hydrogens (tertiary/aromatic N) is 3. The van der Waals surface area contributed by atoms with Gasteiger partial charge in [0.1, 0.15) is 17.1 Å². The number of amides is 2. The van der Waals surface area contributed by atoms with Crippen LogP contribution in [-0.2, 0) is 4.79 Å². The van der Waals surface area contributed by atoms with Crippen molar-refractivity contribution in [3.63, 3.8) is 0 Å². The third-order valence-electron chi connectivity index (χ3n) is 4.32. The van der Waals surface area contributed by atoms with Crippen LogP contribution < -0.4 is 15.0 Å². The minimum atomic E-state index is -0.411. The zero-order valence-corrected chi connectivity index (χ0v) is 17.3. The van der Waals surface area contributed by atoms with Gasteiger partial charge in [-0.25, -0.2) is 9.37 Å². The number of ether oxygens (including phenoxy) is 1. The number of fused-ring (bicyclic) bond motifs is 1. The molecule has 9 heteroatoms. The summed E-state index contributed by atoms with van der Waals surface area (Å²) in [7, 11) is 6.77. The summed E-state index contributed by atoms with van der Waals surface area (Å²) in [6.45, 7) is 0.198. The van der Waals surface area contributed by atoms with E-state index in [9.17, 15) is 14.0 Å². The molecule has 0 aliphatic carbocycles. The standard InChI is InChI=1S/C20H21FN4O3S/c1-24(2)16(26)11-25(3)14-9-10-15(28-4)17-18(14)29-20(22-17)23-19(27)12-5-7-13(21)8-6-12/h5-10H,11H2,1-4H3,(H,22,23,27). The molecule has 1 heterocycles. The van der Waals surface area contributed by atoms with E-state index in [1.54, 1.807) is 27.3 Å². The fourth-order valence-electron chi connectivity index (χ4n) is 2.69. The summed E-state index contributed by atoms with van der Waals surface area (Å²) in [5.74, 6) is -0.271. The van der Waals surface area contributed by atoms with Crippen molar-refractivity contribution in [3.8, 4) is 5.75 Å². The van der Waals surface area contributed by atoms with Gasteiger partial charge in [-0.3, -0.25) is 14.9 Å². The Balaban J connectivity index is 1.93. The molecule has 7 nitrogen and oxygen atoms in total. The summed E-state index contributed by atoms with van der Waals surface area (Å²) in [5.41, 5.74) is 1.72. The first kappa shape index (κ1) is 20.5. The van der Waals surface area contributed by atoms with E-state index in [4.69, 9.17) is 4.74 Å². The van der Waals surface area contributed by atoms with Gasteiger partial charge in [0.25, 0.3) is 5.91 Å².